The van der Waals surface area contributed by atoms with Gasteiger partial charge < -0.3 is 16.8 Å². The molecule has 150 valence electrons. The molecule has 5 N–H and O–H groups in total. The lowest BCUT2D eigenvalue weighted by Gasteiger charge is -2.04. The average molecular weight is 410 g/mol. The second-order valence-electron chi connectivity index (χ2n) is 6.58. The molecule has 0 saturated carbocycles. The highest BCUT2D eigenvalue weighted by Gasteiger charge is 2.13. The van der Waals surface area contributed by atoms with E-state index in [0.29, 0.717) is 11.4 Å². The highest BCUT2D eigenvalue weighted by atomic mass is 32.1. The third-order valence-electron chi connectivity index (χ3n) is 4.22. The summed E-state index contributed by atoms with van der Waals surface area (Å²) in [6.07, 6.45) is 4.99. The zero-order valence-corrected chi connectivity index (χ0v) is 17.3. The third-order valence-corrected chi connectivity index (χ3v) is 5.29. The lowest BCUT2D eigenvalue weighted by atomic mass is 10.2. The molecule has 3 aromatic heterocycles. The van der Waals surface area contributed by atoms with E-state index in [1.165, 1.54) is 4.68 Å². The summed E-state index contributed by atoms with van der Waals surface area (Å²) in [4.78, 5) is 17.7. The molecule has 0 saturated heterocycles. The lowest BCUT2D eigenvalue weighted by molar-refractivity contribution is 0.0952. The number of amides is 1. The molecule has 1 amide bonds. The predicted molar refractivity (Wildman–Crippen MR) is 114 cm³/mol. The first-order chi connectivity index (χ1) is 13.8. The molecule has 0 aliphatic rings. The molecule has 0 aliphatic heterocycles. The Morgan fingerprint density at radius 2 is 2.00 bits per heavy atom. The number of rotatable bonds is 6. The summed E-state index contributed by atoms with van der Waals surface area (Å²) in [6.45, 7) is 5.97. The summed E-state index contributed by atoms with van der Waals surface area (Å²) in [5.41, 5.74) is 17.0. The van der Waals surface area contributed by atoms with Crippen molar-refractivity contribution in [2.45, 2.75) is 20.8 Å². The number of allylic oxidation sites excluding steroid dienone is 2. The molecule has 3 rings (SSSR count). The number of hydrogen-bond donors (Lipinski definition) is 3. The topological polar surface area (TPSA) is 125 Å². The van der Waals surface area contributed by atoms with Crippen molar-refractivity contribution in [3.8, 4) is 5.69 Å². The molecule has 0 radical (unpaired) electrons. The van der Waals surface area contributed by atoms with Crippen molar-refractivity contribution in [3.63, 3.8) is 0 Å². The smallest absolute Gasteiger partial charge is 0.273 e. The lowest BCUT2D eigenvalue weighted by Crippen LogP contribution is -2.28. The fourth-order valence-electron chi connectivity index (χ4n) is 2.68. The van der Waals surface area contributed by atoms with Crippen LogP contribution in [0, 0.1) is 20.8 Å². The highest BCUT2D eigenvalue weighted by molar-refractivity contribution is 7.11. The van der Waals surface area contributed by atoms with Gasteiger partial charge in [-0.3, -0.25) is 9.78 Å². The van der Waals surface area contributed by atoms with Crippen LogP contribution in [-0.4, -0.2) is 32.4 Å². The molecule has 0 bridgehead atoms. The highest BCUT2D eigenvalue weighted by Crippen LogP contribution is 2.21. The first-order valence-electron chi connectivity index (χ1n) is 8.96. The van der Waals surface area contributed by atoms with E-state index < -0.39 is 0 Å². The number of carbonyl (C=O) groups is 1. The molecule has 3 aromatic rings. The van der Waals surface area contributed by atoms with Crippen molar-refractivity contribution >= 4 is 22.9 Å². The van der Waals surface area contributed by atoms with Gasteiger partial charge in [-0.25, -0.2) is 4.68 Å². The van der Waals surface area contributed by atoms with Crippen molar-refractivity contribution in [1.82, 2.24) is 25.3 Å². The Kier molecular flexibility index (Phi) is 6.08. The molecule has 9 heteroatoms. The van der Waals surface area contributed by atoms with Crippen LogP contribution >= 0.6 is 11.3 Å². The molecule has 0 aliphatic carbocycles. The van der Waals surface area contributed by atoms with Gasteiger partial charge in [0.2, 0.25) is 0 Å². The van der Waals surface area contributed by atoms with Gasteiger partial charge in [-0.2, -0.15) is 0 Å². The predicted octanol–water partition coefficient (Wildman–Crippen LogP) is 2.22. The summed E-state index contributed by atoms with van der Waals surface area (Å²) in [7, 11) is 0. The van der Waals surface area contributed by atoms with Crippen LogP contribution in [0.3, 0.4) is 0 Å². The van der Waals surface area contributed by atoms with Crippen LogP contribution in [0.15, 0.2) is 47.6 Å². The number of nitrogens with zero attached hydrogens (tertiary/aromatic N) is 4. The van der Waals surface area contributed by atoms with Crippen molar-refractivity contribution in [2.24, 2.45) is 11.5 Å². The molecular formula is C20H23N7OS. The fourth-order valence-corrected chi connectivity index (χ4v) is 3.55. The van der Waals surface area contributed by atoms with Crippen molar-refractivity contribution < 1.29 is 4.79 Å². The van der Waals surface area contributed by atoms with E-state index in [-0.39, 0.29) is 18.1 Å². The van der Waals surface area contributed by atoms with E-state index in [1.807, 2.05) is 44.4 Å². The van der Waals surface area contributed by atoms with Gasteiger partial charge >= 0.3 is 0 Å². The van der Waals surface area contributed by atoms with Crippen molar-refractivity contribution in [1.29, 1.82) is 0 Å². The van der Waals surface area contributed by atoms with E-state index >= 15 is 0 Å². The maximum atomic E-state index is 12.3. The van der Waals surface area contributed by atoms with Crippen LogP contribution in [0.4, 0.5) is 0 Å². The Morgan fingerprint density at radius 1 is 1.21 bits per heavy atom. The van der Waals surface area contributed by atoms with Gasteiger partial charge in [-0.05, 0) is 62.1 Å². The summed E-state index contributed by atoms with van der Waals surface area (Å²) in [5, 5.41) is 12.7. The van der Waals surface area contributed by atoms with Gasteiger partial charge in [-0.1, -0.05) is 5.21 Å². The van der Waals surface area contributed by atoms with Crippen LogP contribution in [0.1, 0.15) is 32.3 Å². The van der Waals surface area contributed by atoms with Crippen molar-refractivity contribution in [2.75, 3.05) is 6.54 Å². The van der Waals surface area contributed by atoms with Gasteiger partial charge in [0.15, 0.2) is 5.69 Å². The van der Waals surface area contributed by atoms with Crippen LogP contribution in [0.2, 0.25) is 0 Å². The quantitative estimate of drug-likeness (QED) is 0.536. The maximum absolute atomic E-state index is 12.3. The number of nitrogens with two attached hydrogens (primary N) is 2. The second-order valence-corrected chi connectivity index (χ2v) is 7.50. The zero-order chi connectivity index (χ0) is 21.0. The number of hydrogen-bond acceptors (Lipinski definition) is 7. The molecule has 3 heterocycles. The van der Waals surface area contributed by atoms with Crippen LogP contribution in [-0.2, 0) is 0 Å². The first-order valence-corrected chi connectivity index (χ1v) is 9.84. The molecule has 8 nitrogen and oxygen atoms in total. The Labute approximate surface area is 172 Å². The zero-order valence-electron chi connectivity index (χ0n) is 16.5. The molecular weight excluding hydrogens is 386 g/mol. The van der Waals surface area contributed by atoms with E-state index in [1.54, 1.807) is 29.7 Å². The number of aryl methyl sites for hydroxylation is 3. The largest absolute Gasteiger partial charge is 0.401 e. The second kappa shape index (κ2) is 8.70. The molecule has 0 fully saturated rings. The number of nitrogens with one attached hydrogen (secondary N) is 1. The van der Waals surface area contributed by atoms with Crippen molar-refractivity contribution in [3.05, 3.63) is 75.1 Å². The van der Waals surface area contributed by atoms with E-state index in [0.717, 1.165) is 27.5 Å². The minimum Gasteiger partial charge on any atom is -0.401 e. The van der Waals surface area contributed by atoms with Crippen LogP contribution < -0.4 is 16.8 Å². The Morgan fingerprint density at radius 3 is 2.69 bits per heavy atom. The van der Waals surface area contributed by atoms with E-state index in [9.17, 15) is 4.79 Å². The number of aromatic nitrogens is 4. The molecule has 0 aromatic carbocycles. The molecule has 0 spiro atoms. The number of thiophene rings is 1. The first kappa shape index (κ1) is 20.3. The number of pyridine rings is 1. The summed E-state index contributed by atoms with van der Waals surface area (Å²) < 4.78 is 1.53. The third kappa shape index (κ3) is 4.88. The monoisotopic (exact) mass is 409 g/mol. The minimum absolute atomic E-state index is 0.171. The van der Waals surface area contributed by atoms with Crippen LogP contribution in [0.5, 0.6) is 0 Å². The molecule has 0 unspecified atom stereocenters. The fraction of sp³-hybridized carbons (Fsp3) is 0.200. The van der Waals surface area contributed by atoms with E-state index in [2.05, 4.69) is 20.6 Å². The Bertz CT molecular complexity index is 1090. The van der Waals surface area contributed by atoms with Gasteiger partial charge in [0.1, 0.15) is 0 Å². The summed E-state index contributed by atoms with van der Waals surface area (Å²) in [6, 6.07) is 5.78. The summed E-state index contributed by atoms with van der Waals surface area (Å²) >= 11 is 1.57. The van der Waals surface area contributed by atoms with Gasteiger partial charge in [0, 0.05) is 17.1 Å². The summed E-state index contributed by atoms with van der Waals surface area (Å²) in [5.74, 6) is -0.364. The Hall–Kier alpha value is -3.46. The SMILES string of the molecule is Cc1ccc(-n2cc(C(=O)NC/C(N)=C/C=C(\N)c3sccc3C)nn2)c(C)n1. The Balaban J connectivity index is 1.62. The van der Waals surface area contributed by atoms with Gasteiger partial charge in [0.05, 0.1) is 29.0 Å². The van der Waals surface area contributed by atoms with Crippen LogP contribution in [0.25, 0.3) is 11.4 Å². The van der Waals surface area contributed by atoms with E-state index in [4.69, 9.17) is 11.5 Å². The normalized spacial score (nSPS) is 12.2. The molecule has 29 heavy (non-hydrogen) atoms. The minimum atomic E-state index is -0.364. The molecule has 0 atom stereocenters. The van der Waals surface area contributed by atoms with Gasteiger partial charge in [-0.15, -0.1) is 16.4 Å². The maximum Gasteiger partial charge on any atom is 0.273 e. The number of carbonyl (C=O) groups excluding carboxylic acids is 1. The standard InChI is InChI=1S/C20H23N7OS/c1-12-8-9-29-19(12)16(22)6-5-15(21)10-23-20(28)17-11-27(26-25-17)18-7-4-13(2)24-14(18)3/h4-9,11H,10,21-22H2,1-3H3,(H,23,28)/b15-5-,16-6-. The average Bonchev–Trinajstić information content (AvgIpc) is 3.33. The van der Waals surface area contributed by atoms with Gasteiger partial charge in [0.25, 0.3) is 5.91 Å².